The van der Waals surface area contributed by atoms with Crippen molar-refractivity contribution in [1.82, 2.24) is 0 Å². The normalized spacial score (nSPS) is 20.7. The van der Waals surface area contributed by atoms with E-state index in [1.807, 2.05) is 25.1 Å². The first-order valence-electron chi connectivity index (χ1n) is 7.09. The van der Waals surface area contributed by atoms with Crippen LogP contribution in [0.3, 0.4) is 0 Å². The maximum atomic E-state index is 11.5. The molecule has 0 amide bonds. The van der Waals surface area contributed by atoms with Gasteiger partial charge in [0.2, 0.25) is 0 Å². The molecule has 102 valence electrons. The smallest absolute Gasteiger partial charge is 0.314 e. The Kier molecular flexibility index (Phi) is 3.00. The van der Waals surface area contributed by atoms with E-state index in [-0.39, 0.29) is 0 Å². The van der Waals surface area contributed by atoms with Gasteiger partial charge in [0.25, 0.3) is 0 Å². The SMILES string of the molecule is Cc1ccc(OCC2CCC2)c(C2(C(=O)O)CC2)c1. The van der Waals surface area contributed by atoms with Gasteiger partial charge in [-0.05, 0) is 44.6 Å². The first kappa shape index (κ1) is 12.5. The van der Waals surface area contributed by atoms with Gasteiger partial charge in [-0.2, -0.15) is 0 Å². The minimum absolute atomic E-state index is 0.661. The second-order valence-electron chi connectivity index (χ2n) is 5.99. The lowest BCUT2D eigenvalue weighted by atomic mass is 9.86. The highest BCUT2D eigenvalue weighted by molar-refractivity contribution is 5.86. The number of hydrogen-bond donors (Lipinski definition) is 1. The van der Waals surface area contributed by atoms with E-state index in [4.69, 9.17) is 4.74 Å². The lowest BCUT2D eigenvalue weighted by Gasteiger charge is -2.26. The summed E-state index contributed by atoms with van der Waals surface area (Å²) in [6.45, 7) is 2.73. The zero-order valence-electron chi connectivity index (χ0n) is 11.3. The third-order valence-electron chi connectivity index (χ3n) is 4.51. The topological polar surface area (TPSA) is 46.5 Å². The molecule has 0 unspecified atom stereocenters. The molecule has 3 heteroatoms. The molecule has 2 saturated carbocycles. The van der Waals surface area contributed by atoms with Crippen LogP contribution in [0.5, 0.6) is 5.75 Å². The van der Waals surface area contributed by atoms with Crippen molar-refractivity contribution in [3.8, 4) is 5.75 Å². The fourth-order valence-corrected chi connectivity index (χ4v) is 2.73. The van der Waals surface area contributed by atoms with E-state index in [1.54, 1.807) is 0 Å². The molecule has 0 radical (unpaired) electrons. The quantitative estimate of drug-likeness (QED) is 0.883. The van der Waals surface area contributed by atoms with Crippen molar-refractivity contribution in [2.45, 2.75) is 44.4 Å². The minimum Gasteiger partial charge on any atom is -0.493 e. The maximum Gasteiger partial charge on any atom is 0.314 e. The fraction of sp³-hybridized carbons (Fsp3) is 0.562. The molecule has 19 heavy (non-hydrogen) atoms. The number of aryl methyl sites for hydroxylation is 1. The van der Waals surface area contributed by atoms with Gasteiger partial charge < -0.3 is 9.84 Å². The Hall–Kier alpha value is -1.51. The predicted octanol–water partition coefficient (Wildman–Crippen LogP) is 3.29. The summed E-state index contributed by atoms with van der Waals surface area (Å²) in [5.41, 5.74) is 1.29. The van der Waals surface area contributed by atoms with Gasteiger partial charge in [-0.3, -0.25) is 4.79 Å². The van der Waals surface area contributed by atoms with Crippen LogP contribution in [0, 0.1) is 12.8 Å². The minimum atomic E-state index is -0.716. The van der Waals surface area contributed by atoms with Crippen molar-refractivity contribution in [2.75, 3.05) is 6.61 Å². The van der Waals surface area contributed by atoms with E-state index in [0.29, 0.717) is 5.92 Å². The molecule has 2 fully saturated rings. The average Bonchev–Trinajstić information content (AvgIpc) is 3.10. The average molecular weight is 260 g/mol. The lowest BCUT2D eigenvalue weighted by molar-refractivity contribution is -0.140. The summed E-state index contributed by atoms with van der Waals surface area (Å²) in [6.07, 6.45) is 5.24. The second kappa shape index (κ2) is 4.55. The van der Waals surface area contributed by atoms with Gasteiger partial charge in [0.1, 0.15) is 5.75 Å². The van der Waals surface area contributed by atoms with E-state index in [2.05, 4.69) is 0 Å². The number of carboxylic acids is 1. The van der Waals surface area contributed by atoms with Crippen LogP contribution in [0.25, 0.3) is 0 Å². The first-order valence-corrected chi connectivity index (χ1v) is 7.09. The Morgan fingerprint density at radius 2 is 2.16 bits per heavy atom. The number of ether oxygens (including phenoxy) is 1. The van der Waals surface area contributed by atoms with E-state index >= 15 is 0 Å². The highest BCUT2D eigenvalue weighted by Crippen LogP contribution is 2.51. The van der Waals surface area contributed by atoms with Gasteiger partial charge in [0.15, 0.2) is 0 Å². The van der Waals surface area contributed by atoms with E-state index < -0.39 is 11.4 Å². The van der Waals surface area contributed by atoms with E-state index in [0.717, 1.165) is 36.3 Å². The van der Waals surface area contributed by atoms with Gasteiger partial charge in [0, 0.05) is 5.56 Å². The highest BCUT2D eigenvalue weighted by atomic mass is 16.5. The van der Waals surface area contributed by atoms with Crippen LogP contribution in [0.2, 0.25) is 0 Å². The van der Waals surface area contributed by atoms with Crippen LogP contribution in [0.1, 0.15) is 43.2 Å². The summed E-state index contributed by atoms with van der Waals surface area (Å²) in [5.74, 6) is 0.720. The van der Waals surface area contributed by atoms with Crippen LogP contribution < -0.4 is 4.74 Å². The van der Waals surface area contributed by atoms with Gasteiger partial charge >= 0.3 is 5.97 Å². The standard InChI is InChI=1S/C16H20O3/c1-11-5-6-14(19-10-12-3-2-4-12)13(9-11)16(7-8-16)15(17)18/h5-6,9,12H,2-4,7-8,10H2,1H3,(H,17,18). The van der Waals surface area contributed by atoms with Crippen molar-refractivity contribution in [1.29, 1.82) is 0 Å². The Bertz CT molecular complexity index is 499. The third-order valence-corrected chi connectivity index (χ3v) is 4.51. The molecular weight excluding hydrogens is 240 g/mol. The zero-order chi connectivity index (χ0) is 13.5. The molecule has 0 bridgehead atoms. The van der Waals surface area contributed by atoms with Crippen LogP contribution in [0.4, 0.5) is 0 Å². The molecule has 0 saturated heterocycles. The molecule has 0 heterocycles. The number of benzene rings is 1. The molecule has 0 aromatic heterocycles. The molecule has 1 N–H and O–H groups in total. The Morgan fingerprint density at radius 1 is 1.42 bits per heavy atom. The summed E-state index contributed by atoms with van der Waals surface area (Å²) in [4.78, 5) is 11.5. The second-order valence-corrected chi connectivity index (χ2v) is 5.99. The summed E-state index contributed by atoms with van der Waals surface area (Å²) >= 11 is 0. The van der Waals surface area contributed by atoms with Gasteiger partial charge in [0.05, 0.1) is 12.0 Å². The van der Waals surface area contributed by atoms with Gasteiger partial charge in [-0.25, -0.2) is 0 Å². The Labute approximate surface area is 113 Å². The van der Waals surface area contributed by atoms with Gasteiger partial charge in [-0.1, -0.05) is 24.1 Å². The number of rotatable bonds is 5. The molecule has 1 aromatic rings. The molecule has 3 nitrogen and oxygen atoms in total. The van der Waals surface area contributed by atoms with Crippen molar-refractivity contribution in [3.63, 3.8) is 0 Å². The molecular formula is C16H20O3. The maximum absolute atomic E-state index is 11.5. The van der Waals surface area contributed by atoms with Crippen molar-refractivity contribution in [2.24, 2.45) is 5.92 Å². The van der Waals surface area contributed by atoms with Crippen LogP contribution in [-0.4, -0.2) is 17.7 Å². The van der Waals surface area contributed by atoms with Crippen LogP contribution in [-0.2, 0) is 10.2 Å². The number of hydrogen-bond acceptors (Lipinski definition) is 2. The van der Waals surface area contributed by atoms with Crippen molar-refractivity contribution < 1.29 is 14.6 Å². The molecule has 2 aliphatic carbocycles. The third kappa shape index (κ3) is 2.22. The lowest BCUT2D eigenvalue weighted by Crippen LogP contribution is -2.23. The summed E-state index contributed by atoms with van der Waals surface area (Å²) in [7, 11) is 0. The fourth-order valence-electron chi connectivity index (χ4n) is 2.73. The number of carbonyl (C=O) groups is 1. The molecule has 0 spiro atoms. The van der Waals surface area contributed by atoms with Crippen molar-refractivity contribution in [3.05, 3.63) is 29.3 Å². The van der Waals surface area contributed by atoms with Crippen LogP contribution in [0.15, 0.2) is 18.2 Å². The largest absolute Gasteiger partial charge is 0.493 e. The summed E-state index contributed by atoms with van der Waals surface area (Å²) in [5, 5.41) is 9.45. The zero-order valence-corrected chi connectivity index (χ0v) is 11.3. The highest BCUT2D eigenvalue weighted by Gasteiger charge is 2.53. The molecule has 1 aromatic carbocycles. The van der Waals surface area contributed by atoms with Gasteiger partial charge in [-0.15, -0.1) is 0 Å². The predicted molar refractivity (Wildman–Crippen MR) is 72.6 cm³/mol. The monoisotopic (exact) mass is 260 g/mol. The number of carboxylic acid groups (broad SMARTS) is 1. The Morgan fingerprint density at radius 3 is 2.68 bits per heavy atom. The molecule has 3 rings (SSSR count). The molecule has 0 aliphatic heterocycles. The Balaban J connectivity index is 1.84. The summed E-state index contributed by atoms with van der Waals surface area (Å²) < 4.78 is 5.91. The van der Waals surface area contributed by atoms with E-state index in [1.165, 1.54) is 19.3 Å². The number of aliphatic carboxylic acids is 1. The molecule has 0 atom stereocenters. The molecule has 2 aliphatic rings. The summed E-state index contributed by atoms with van der Waals surface area (Å²) in [6, 6.07) is 5.92. The van der Waals surface area contributed by atoms with Crippen molar-refractivity contribution >= 4 is 5.97 Å². The van der Waals surface area contributed by atoms with Crippen LogP contribution >= 0.6 is 0 Å². The van der Waals surface area contributed by atoms with E-state index in [9.17, 15) is 9.90 Å². The first-order chi connectivity index (χ1) is 9.12.